The van der Waals surface area contributed by atoms with Crippen molar-refractivity contribution in [3.63, 3.8) is 0 Å². The quantitative estimate of drug-likeness (QED) is 0.612. The van der Waals surface area contributed by atoms with Crippen molar-refractivity contribution < 1.29 is 9.53 Å². The fourth-order valence-corrected chi connectivity index (χ4v) is 1.13. The number of hydrogen-bond acceptors (Lipinski definition) is 2. The minimum atomic E-state index is -0.177. The first-order valence-electron chi connectivity index (χ1n) is 4.55. The first-order chi connectivity index (χ1) is 5.38. The number of hydrogen-bond donors (Lipinski definition) is 0. The van der Waals surface area contributed by atoms with Gasteiger partial charge in [-0.3, -0.25) is 4.79 Å². The van der Waals surface area contributed by atoms with Gasteiger partial charge in [0.1, 0.15) is 6.10 Å². The van der Waals surface area contributed by atoms with Crippen molar-refractivity contribution in [3.8, 4) is 0 Å². The molecule has 0 aromatic carbocycles. The zero-order valence-corrected chi connectivity index (χ0v) is 8.81. The lowest BCUT2D eigenvalue weighted by Gasteiger charge is -2.29. The van der Waals surface area contributed by atoms with E-state index in [-0.39, 0.29) is 17.5 Å². The van der Waals surface area contributed by atoms with Crippen molar-refractivity contribution in [2.24, 2.45) is 5.41 Å². The predicted octanol–water partition coefficient (Wildman–Crippen LogP) is 2.76. The van der Waals surface area contributed by atoms with Gasteiger partial charge in [-0.05, 0) is 11.8 Å². The van der Waals surface area contributed by atoms with Crippen LogP contribution in [0.4, 0.5) is 0 Å². The third-order valence-corrected chi connectivity index (χ3v) is 1.83. The van der Waals surface area contributed by atoms with Crippen LogP contribution in [0, 0.1) is 5.41 Å². The van der Waals surface area contributed by atoms with Gasteiger partial charge in [0.25, 0.3) is 0 Å². The van der Waals surface area contributed by atoms with Crippen LogP contribution >= 0.6 is 0 Å². The molecule has 0 N–H and O–H groups in total. The van der Waals surface area contributed by atoms with Gasteiger partial charge in [-0.1, -0.05) is 34.1 Å². The zero-order chi connectivity index (χ0) is 9.78. The summed E-state index contributed by atoms with van der Waals surface area (Å²) < 4.78 is 5.22. The Hall–Kier alpha value is -0.530. The van der Waals surface area contributed by atoms with Crippen molar-refractivity contribution in [1.29, 1.82) is 0 Å². The van der Waals surface area contributed by atoms with Gasteiger partial charge < -0.3 is 4.74 Å². The van der Waals surface area contributed by atoms with E-state index in [4.69, 9.17) is 4.74 Å². The van der Waals surface area contributed by atoms with Gasteiger partial charge >= 0.3 is 5.97 Å². The number of carbonyl (C=O) groups is 1. The first-order valence-corrected chi connectivity index (χ1v) is 4.55. The molecule has 0 aliphatic heterocycles. The summed E-state index contributed by atoms with van der Waals surface area (Å²) in [6.07, 6.45) is 2.05. The lowest BCUT2D eigenvalue weighted by molar-refractivity contribution is -0.152. The molecule has 0 saturated carbocycles. The van der Waals surface area contributed by atoms with Crippen LogP contribution in [0.2, 0.25) is 0 Å². The molecular weight excluding hydrogens is 152 g/mol. The largest absolute Gasteiger partial charge is 0.462 e. The molecule has 0 spiro atoms. The highest BCUT2D eigenvalue weighted by Gasteiger charge is 2.26. The van der Waals surface area contributed by atoms with E-state index in [1.165, 1.54) is 6.92 Å². The van der Waals surface area contributed by atoms with Crippen molar-refractivity contribution in [2.45, 2.75) is 53.6 Å². The van der Waals surface area contributed by atoms with Gasteiger partial charge in [0.2, 0.25) is 0 Å². The minimum absolute atomic E-state index is 0.0556. The monoisotopic (exact) mass is 172 g/mol. The lowest BCUT2D eigenvalue weighted by Crippen LogP contribution is -2.30. The van der Waals surface area contributed by atoms with Crippen LogP contribution in [0.1, 0.15) is 47.5 Å². The minimum Gasteiger partial charge on any atom is -0.462 e. The number of carbonyl (C=O) groups excluding carboxylic acids is 1. The molecular formula is C10H20O2. The summed E-state index contributed by atoms with van der Waals surface area (Å²) in [6, 6.07) is 0. The van der Waals surface area contributed by atoms with Gasteiger partial charge in [0, 0.05) is 6.92 Å². The van der Waals surface area contributed by atoms with Crippen LogP contribution in [0.3, 0.4) is 0 Å². The molecule has 0 aromatic heterocycles. The summed E-state index contributed by atoms with van der Waals surface area (Å²) in [7, 11) is 0. The normalized spacial score (nSPS) is 14.1. The molecule has 1 atom stereocenters. The SMILES string of the molecule is CCC[C@@H](OC(C)=O)C(C)(C)C. The number of esters is 1. The third kappa shape index (κ3) is 4.37. The Morgan fingerprint density at radius 2 is 1.92 bits per heavy atom. The van der Waals surface area contributed by atoms with E-state index in [0.29, 0.717) is 0 Å². The highest BCUT2D eigenvalue weighted by Crippen LogP contribution is 2.25. The van der Waals surface area contributed by atoms with Gasteiger partial charge in [-0.15, -0.1) is 0 Å². The summed E-state index contributed by atoms with van der Waals surface area (Å²) in [5.41, 5.74) is 0.0572. The summed E-state index contributed by atoms with van der Waals surface area (Å²) in [4.78, 5) is 10.8. The van der Waals surface area contributed by atoms with Crippen LogP contribution in [0.5, 0.6) is 0 Å². The fourth-order valence-electron chi connectivity index (χ4n) is 1.13. The maximum atomic E-state index is 10.8. The highest BCUT2D eigenvalue weighted by molar-refractivity contribution is 5.66. The fraction of sp³-hybridized carbons (Fsp3) is 0.900. The maximum Gasteiger partial charge on any atom is 0.302 e. The Kier molecular flexibility index (Phi) is 4.29. The molecule has 0 aliphatic rings. The molecule has 12 heavy (non-hydrogen) atoms. The van der Waals surface area contributed by atoms with Crippen LogP contribution in [-0.4, -0.2) is 12.1 Å². The molecule has 72 valence electrons. The second-order valence-corrected chi connectivity index (χ2v) is 4.25. The second-order valence-electron chi connectivity index (χ2n) is 4.25. The molecule has 2 heteroatoms. The van der Waals surface area contributed by atoms with Crippen LogP contribution in [0.15, 0.2) is 0 Å². The Labute approximate surface area is 75.3 Å². The van der Waals surface area contributed by atoms with Gasteiger partial charge in [-0.2, -0.15) is 0 Å². The average Bonchev–Trinajstić information content (AvgIpc) is 1.83. The van der Waals surface area contributed by atoms with E-state index in [0.717, 1.165) is 12.8 Å². The highest BCUT2D eigenvalue weighted by atomic mass is 16.5. The van der Waals surface area contributed by atoms with Gasteiger partial charge in [-0.25, -0.2) is 0 Å². The summed E-state index contributed by atoms with van der Waals surface area (Å²) in [5, 5.41) is 0. The zero-order valence-electron chi connectivity index (χ0n) is 8.81. The third-order valence-electron chi connectivity index (χ3n) is 1.83. The van der Waals surface area contributed by atoms with Crippen LogP contribution < -0.4 is 0 Å². The molecule has 0 radical (unpaired) electrons. The summed E-state index contributed by atoms with van der Waals surface area (Å²) in [6.45, 7) is 9.85. The molecule has 0 unspecified atom stereocenters. The van der Waals surface area contributed by atoms with Crippen LogP contribution in [-0.2, 0) is 9.53 Å². The van der Waals surface area contributed by atoms with E-state index in [1.54, 1.807) is 0 Å². The molecule has 2 nitrogen and oxygen atoms in total. The summed E-state index contributed by atoms with van der Waals surface area (Å²) in [5.74, 6) is -0.177. The van der Waals surface area contributed by atoms with Gasteiger partial charge in [0.05, 0.1) is 0 Å². The molecule has 0 amide bonds. The van der Waals surface area contributed by atoms with Crippen molar-refractivity contribution >= 4 is 5.97 Å². The smallest absolute Gasteiger partial charge is 0.302 e. The topological polar surface area (TPSA) is 26.3 Å². The Morgan fingerprint density at radius 3 is 2.17 bits per heavy atom. The molecule has 0 fully saturated rings. The van der Waals surface area contributed by atoms with Crippen LogP contribution in [0.25, 0.3) is 0 Å². The number of rotatable bonds is 3. The first kappa shape index (κ1) is 11.5. The summed E-state index contributed by atoms with van der Waals surface area (Å²) >= 11 is 0. The lowest BCUT2D eigenvalue weighted by atomic mass is 9.86. The molecule has 0 aromatic rings. The van der Waals surface area contributed by atoms with E-state index in [1.807, 2.05) is 0 Å². The van der Waals surface area contributed by atoms with E-state index in [2.05, 4.69) is 27.7 Å². The standard InChI is InChI=1S/C10H20O2/c1-6-7-9(10(3,4)5)12-8(2)11/h9H,6-7H2,1-5H3/t9-/m1/s1. The Bertz CT molecular complexity index is 144. The molecule has 0 heterocycles. The molecule has 0 aliphatic carbocycles. The van der Waals surface area contributed by atoms with Crippen molar-refractivity contribution in [2.75, 3.05) is 0 Å². The molecule has 0 bridgehead atoms. The van der Waals surface area contributed by atoms with E-state index >= 15 is 0 Å². The van der Waals surface area contributed by atoms with E-state index in [9.17, 15) is 4.79 Å². The maximum absolute atomic E-state index is 10.8. The molecule has 0 saturated heterocycles. The van der Waals surface area contributed by atoms with Crippen molar-refractivity contribution in [1.82, 2.24) is 0 Å². The molecule has 0 rings (SSSR count). The Morgan fingerprint density at radius 1 is 1.42 bits per heavy atom. The Balaban J connectivity index is 4.13. The van der Waals surface area contributed by atoms with Gasteiger partial charge in [0.15, 0.2) is 0 Å². The average molecular weight is 172 g/mol. The van der Waals surface area contributed by atoms with Crippen molar-refractivity contribution in [3.05, 3.63) is 0 Å². The van der Waals surface area contributed by atoms with E-state index < -0.39 is 0 Å². The second kappa shape index (κ2) is 4.48. The number of ether oxygens (including phenoxy) is 1. The predicted molar refractivity (Wildman–Crippen MR) is 49.9 cm³/mol.